The Morgan fingerprint density at radius 2 is 2.00 bits per heavy atom. The van der Waals surface area contributed by atoms with Crippen LogP contribution in [0.5, 0.6) is 0 Å². The van der Waals surface area contributed by atoms with E-state index in [0.29, 0.717) is 6.04 Å². The van der Waals surface area contributed by atoms with Crippen LogP contribution in [0.2, 0.25) is 0 Å². The van der Waals surface area contributed by atoms with Gasteiger partial charge in [-0.1, -0.05) is 50.1 Å². The van der Waals surface area contributed by atoms with Gasteiger partial charge in [-0.3, -0.25) is 4.90 Å². The van der Waals surface area contributed by atoms with Crippen LogP contribution >= 0.6 is 0 Å². The first kappa shape index (κ1) is 16.2. The lowest BCUT2D eigenvalue weighted by atomic mass is 10.1. The molecule has 1 aromatic rings. The standard InChI is InChI=1S/C17H30N2/c1-5-8-17(13-18-11-6-2)19(4)14-16-10-7-9-15(3)12-16/h7,9-10,12,17-18H,5-6,8,11,13-14H2,1-4H3. The van der Waals surface area contributed by atoms with Crippen LogP contribution in [0.4, 0.5) is 0 Å². The molecule has 1 unspecified atom stereocenters. The number of nitrogens with zero attached hydrogens (tertiary/aromatic N) is 1. The highest BCUT2D eigenvalue weighted by atomic mass is 15.1. The van der Waals surface area contributed by atoms with Crippen molar-refractivity contribution in [1.82, 2.24) is 10.2 Å². The molecule has 0 heterocycles. The summed E-state index contributed by atoms with van der Waals surface area (Å²) in [4.78, 5) is 2.49. The second kappa shape index (κ2) is 9.11. The van der Waals surface area contributed by atoms with E-state index in [1.165, 1.54) is 30.4 Å². The van der Waals surface area contributed by atoms with Gasteiger partial charge >= 0.3 is 0 Å². The molecule has 19 heavy (non-hydrogen) atoms. The first-order chi connectivity index (χ1) is 9.17. The SMILES string of the molecule is CCCNCC(CCC)N(C)Cc1cccc(C)c1. The molecule has 1 atom stereocenters. The van der Waals surface area contributed by atoms with E-state index in [1.807, 2.05) is 0 Å². The maximum absolute atomic E-state index is 3.56. The van der Waals surface area contributed by atoms with Crippen molar-refractivity contribution in [1.29, 1.82) is 0 Å². The summed E-state index contributed by atoms with van der Waals surface area (Å²) in [5.74, 6) is 0. The zero-order valence-corrected chi connectivity index (χ0v) is 13.1. The Labute approximate surface area is 119 Å². The van der Waals surface area contributed by atoms with E-state index < -0.39 is 0 Å². The third-order valence-electron chi connectivity index (χ3n) is 3.57. The van der Waals surface area contributed by atoms with Crippen molar-refractivity contribution in [3.63, 3.8) is 0 Å². The molecule has 0 aliphatic carbocycles. The third-order valence-corrected chi connectivity index (χ3v) is 3.57. The van der Waals surface area contributed by atoms with E-state index in [0.717, 1.165) is 19.6 Å². The number of nitrogens with one attached hydrogen (secondary N) is 1. The van der Waals surface area contributed by atoms with Gasteiger partial charge in [-0.25, -0.2) is 0 Å². The molecule has 0 aliphatic rings. The van der Waals surface area contributed by atoms with Gasteiger partial charge in [-0.15, -0.1) is 0 Å². The second-order valence-corrected chi connectivity index (χ2v) is 5.55. The van der Waals surface area contributed by atoms with Crippen LogP contribution < -0.4 is 5.32 Å². The fourth-order valence-electron chi connectivity index (χ4n) is 2.48. The Morgan fingerprint density at radius 1 is 1.21 bits per heavy atom. The van der Waals surface area contributed by atoms with Crippen LogP contribution in [0.1, 0.15) is 44.2 Å². The first-order valence-corrected chi connectivity index (χ1v) is 7.63. The molecule has 0 aromatic heterocycles. The van der Waals surface area contributed by atoms with Crippen molar-refractivity contribution in [2.75, 3.05) is 20.1 Å². The molecule has 2 heteroatoms. The van der Waals surface area contributed by atoms with Gasteiger partial charge < -0.3 is 5.32 Å². The van der Waals surface area contributed by atoms with Gasteiger partial charge in [0, 0.05) is 19.1 Å². The third kappa shape index (κ3) is 6.22. The highest BCUT2D eigenvalue weighted by Crippen LogP contribution is 2.11. The average molecular weight is 262 g/mol. The fourth-order valence-corrected chi connectivity index (χ4v) is 2.48. The Balaban J connectivity index is 2.52. The molecule has 0 aliphatic heterocycles. The topological polar surface area (TPSA) is 15.3 Å². The molecular formula is C17H30N2. The lowest BCUT2D eigenvalue weighted by molar-refractivity contribution is 0.215. The molecule has 0 saturated heterocycles. The van der Waals surface area contributed by atoms with Crippen molar-refractivity contribution >= 4 is 0 Å². The van der Waals surface area contributed by atoms with Crippen molar-refractivity contribution < 1.29 is 0 Å². The molecular weight excluding hydrogens is 232 g/mol. The van der Waals surface area contributed by atoms with E-state index in [1.54, 1.807) is 0 Å². The molecule has 1 aromatic carbocycles. The second-order valence-electron chi connectivity index (χ2n) is 5.55. The predicted molar refractivity (Wildman–Crippen MR) is 84.5 cm³/mol. The molecule has 0 fully saturated rings. The predicted octanol–water partition coefficient (Wildman–Crippen LogP) is 3.60. The molecule has 0 bridgehead atoms. The van der Waals surface area contributed by atoms with Crippen LogP contribution in [0.15, 0.2) is 24.3 Å². The van der Waals surface area contributed by atoms with Gasteiger partial charge in [-0.05, 0) is 38.9 Å². The molecule has 2 nitrogen and oxygen atoms in total. The minimum absolute atomic E-state index is 0.636. The Bertz CT molecular complexity index is 349. The summed E-state index contributed by atoms with van der Waals surface area (Å²) in [6, 6.07) is 9.47. The van der Waals surface area contributed by atoms with Gasteiger partial charge in [0.2, 0.25) is 0 Å². The quantitative estimate of drug-likeness (QED) is 0.684. The summed E-state index contributed by atoms with van der Waals surface area (Å²) in [5, 5.41) is 3.56. The lowest BCUT2D eigenvalue weighted by Gasteiger charge is -2.28. The Morgan fingerprint density at radius 3 is 2.63 bits per heavy atom. The van der Waals surface area contributed by atoms with Crippen LogP contribution in [-0.2, 0) is 6.54 Å². The molecule has 108 valence electrons. The van der Waals surface area contributed by atoms with E-state index in [4.69, 9.17) is 0 Å². The number of aryl methyl sites for hydroxylation is 1. The largest absolute Gasteiger partial charge is 0.315 e. The zero-order chi connectivity index (χ0) is 14.1. The smallest absolute Gasteiger partial charge is 0.0234 e. The van der Waals surface area contributed by atoms with Crippen LogP contribution in [0.25, 0.3) is 0 Å². The highest BCUT2D eigenvalue weighted by Gasteiger charge is 2.13. The van der Waals surface area contributed by atoms with E-state index in [-0.39, 0.29) is 0 Å². The minimum Gasteiger partial charge on any atom is -0.315 e. The van der Waals surface area contributed by atoms with Gasteiger partial charge in [0.05, 0.1) is 0 Å². The van der Waals surface area contributed by atoms with Gasteiger partial charge in [-0.2, -0.15) is 0 Å². The van der Waals surface area contributed by atoms with E-state index in [9.17, 15) is 0 Å². The Hall–Kier alpha value is -0.860. The van der Waals surface area contributed by atoms with Crippen molar-refractivity contribution in [2.45, 2.75) is 52.6 Å². The summed E-state index contributed by atoms with van der Waals surface area (Å²) in [6.07, 6.45) is 3.72. The molecule has 0 spiro atoms. The molecule has 0 saturated carbocycles. The highest BCUT2D eigenvalue weighted by molar-refractivity contribution is 5.22. The maximum Gasteiger partial charge on any atom is 0.0234 e. The van der Waals surface area contributed by atoms with E-state index in [2.05, 4.69) is 62.3 Å². The van der Waals surface area contributed by atoms with Crippen molar-refractivity contribution in [3.05, 3.63) is 35.4 Å². The average Bonchev–Trinajstić information content (AvgIpc) is 2.38. The maximum atomic E-state index is 3.56. The molecule has 1 N–H and O–H groups in total. The number of hydrogen-bond donors (Lipinski definition) is 1. The number of hydrogen-bond acceptors (Lipinski definition) is 2. The normalized spacial score (nSPS) is 12.9. The van der Waals surface area contributed by atoms with Gasteiger partial charge in [0.1, 0.15) is 0 Å². The first-order valence-electron chi connectivity index (χ1n) is 7.63. The summed E-state index contributed by atoms with van der Waals surface area (Å²) in [7, 11) is 2.25. The van der Waals surface area contributed by atoms with Crippen LogP contribution in [0, 0.1) is 6.92 Å². The summed E-state index contributed by atoms with van der Waals surface area (Å²) in [6.45, 7) is 9.92. The zero-order valence-electron chi connectivity index (χ0n) is 13.1. The molecule has 0 radical (unpaired) electrons. The van der Waals surface area contributed by atoms with Crippen LogP contribution in [0.3, 0.4) is 0 Å². The van der Waals surface area contributed by atoms with Crippen molar-refractivity contribution in [2.24, 2.45) is 0 Å². The van der Waals surface area contributed by atoms with Crippen LogP contribution in [-0.4, -0.2) is 31.1 Å². The summed E-state index contributed by atoms with van der Waals surface area (Å²) in [5.41, 5.74) is 2.76. The monoisotopic (exact) mass is 262 g/mol. The number of benzene rings is 1. The van der Waals surface area contributed by atoms with E-state index >= 15 is 0 Å². The Kier molecular flexibility index (Phi) is 7.76. The lowest BCUT2D eigenvalue weighted by Crippen LogP contribution is -2.39. The summed E-state index contributed by atoms with van der Waals surface area (Å²) < 4.78 is 0. The minimum atomic E-state index is 0.636. The number of likely N-dealkylation sites (N-methyl/N-ethyl adjacent to an activating group) is 1. The molecule has 1 rings (SSSR count). The fraction of sp³-hybridized carbons (Fsp3) is 0.647. The van der Waals surface area contributed by atoms with Gasteiger partial charge in [0.15, 0.2) is 0 Å². The summed E-state index contributed by atoms with van der Waals surface area (Å²) >= 11 is 0. The van der Waals surface area contributed by atoms with Gasteiger partial charge in [0.25, 0.3) is 0 Å². The van der Waals surface area contributed by atoms with Crippen molar-refractivity contribution in [3.8, 4) is 0 Å². The number of rotatable bonds is 9. The molecule has 0 amide bonds.